The van der Waals surface area contributed by atoms with Crippen LogP contribution in [0.25, 0.3) is 0 Å². The Labute approximate surface area is 135 Å². The second-order valence-electron chi connectivity index (χ2n) is 5.60. The van der Waals surface area contributed by atoms with E-state index in [4.69, 9.17) is 14.3 Å². The second kappa shape index (κ2) is 9.12. The zero-order valence-electron chi connectivity index (χ0n) is 13.6. The molecule has 7 heteroatoms. The molecule has 1 amide bonds. The zero-order chi connectivity index (χ0) is 17.3. The normalized spacial score (nSPS) is 13.4. The largest absolute Gasteiger partial charge is 0.479 e. The average molecular weight is 325 g/mol. The minimum absolute atomic E-state index is 0.0309. The van der Waals surface area contributed by atoms with Gasteiger partial charge >= 0.3 is 12.1 Å². The summed E-state index contributed by atoms with van der Waals surface area (Å²) < 4.78 is 9.91. The molecule has 0 unspecified atom stereocenters. The van der Waals surface area contributed by atoms with E-state index in [0.29, 0.717) is 0 Å². The van der Waals surface area contributed by atoms with Crippen molar-refractivity contribution >= 4 is 12.1 Å². The van der Waals surface area contributed by atoms with Crippen LogP contribution in [0, 0.1) is 5.92 Å². The fourth-order valence-corrected chi connectivity index (χ4v) is 2.11. The first-order valence-electron chi connectivity index (χ1n) is 7.26. The first-order chi connectivity index (χ1) is 10.9. The van der Waals surface area contributed by atoms with E-state index in [0.717, 1.165) is 5.56 Å². The minimum atomic E-state index is -1.66. The maximum atomic E-state index is 11.7. The van der Waals surface area contributed by atoms with E-state index in [1.54, 1.807) is 12.1 Å². The molecule has 0 bridgehead atoms. The van der Waals surface area contributed by atoms with Gasteiger partial charge in [-0.1, -0.05) is 44.2 Å². The van der Waals surface area contributed by atoms with E-state index in [2.05, 4.69) is 0 Å². The number of methoxy groups -OCH3 is 1. The van der Waals surface area contributed by atoms with Crippen LogP contribution in [0.3, 0.4) is 0 Å². The van der Waals surface area contributed by atoms with Gasteiger partial charge in [0.15, 0.2) is 0 Å². The van der Waals surface area contributed by atoms with Crippen LogP contribution in [-0.4, -0.2) is 36.5 Å². The Balaban J connectivity index is 2.59. The van der Waals surface area contributed by atoms with Gasteiger partial charge in [0.2, 0.25) is 5.60 Å². The summed E-state index contributed by atoms with van der Waals surface area (Å²) in [6, 6.07) is 9.11. The molecule has 2 N–H and O–H groups in total. The smallest absolute Gasteiger partial charge is 0.431 e. The van der Waals surface area contributed by atoms with Gasteiger partial charge in [-0.2, -0.15) is 5.48 Å². The highest BCUT2D eigenvalue weighted by Crippen LogP contribution is 2.21. The highest BCUT2D eigenvalue weighted by atomic mass is 16.7. The summed E-state index contributed by atoms with van der Waals surface area (Å²) in [6.07, 6.45) is -0.686. The van der Waals surface area contributed by atoms with E-state index >= 15 is 0 Å². The summed E-state index contributed by atoms with van der Waals surface area (Å²) in [5.74, 6) is -1.18. The van der Waals surface area contributed by atoms with Gasteiger partial charge in [0.05, 0.1) is 6.61 Å². The number of nitrogens with one attached hydrogen (secondary N) is 1. The number of carbonyl (C=O) groups excluding carboxylic acids is 1. The Morgan fingerprint density at radius 3 is 2.43 bits per heavy atom. The topological polar surface area (TPSA) is 94.1 Å². The SMILES string of the molecule is COC[C@](CC(C)C)(ONC(=O)OCc1ccccc1)C(=O)O. The number of hydrogen-bond donors (Lipinski definition) is 2. The van der Waals surface area contributed by atoms with Gasteiger partial charge in [-0.05, 0) is 17.9 Å². The van der Waals surface area contributed by atoms with Crippen molar-refractivity contribution in [2.45, 2.75) is 32.5 Å². The van der Waals surface area contributed by atoms with Gasteiger partial charge in [0, 0.05) is 7.11 Å². The Hall–Kier alpha value is -2.12. The van der Waals surface area contributed by atoms with Gasteiger partial charge in [-0.25, -0.2) is 14.4 Å². The molecule has 0 aliphatic heterocycles. The van der Waals surface area contributed by atoms with Gasteiger partial charge in [0.25, 0.3) is 0 Å². The zero-order valence-corrected chi connectivity index (χ0v) is 13.6. The van der Waals surface area contributed by atoms with E-state index in [9.17, 15) is 14.7 Å². The predicted octanol–water partition coefficient (Wildman–Crippen LogP) is 2.36. The number of benzene rings is 1. The third-order valence-corrected chi connectivity index (χ3v) is 3.05. The molecule has 0 aliphatic carbocycles. The molecule has 0 spiro atoms. The molecule has 7 nitrogen and oxygen atoms in total. The summed E-state index contributed by atoms with van der Waals surface area (Å²) in [4.78, 5) is 28.4. The molecule has 0 heterocycles. The number of carboxylic acids is 1. The number of carboxylic acid groups (broad SMARTS) is 1. The Morgan fingerprint density at radius 1 is 1.26 bits per heavy atom. The van der Waals surface area contributed by atoms with Crippen LogP contribution in [0.1, 0.15) is 25.8 Å². The van der Waals surface area contributed by atoms with Gasteiger partial charge in [-0.3, -0.25) is 0 Å². The number of ether oxygens (including phenoxy) is 2. The summed E-state index contributed by atoms with van der Waals surface area (Å²) in [5, 5.41) is 9.43. The van der Waals surface area contributed by atoms with Crippen LogP contribution in [0.2, 0.25) is 0 Å². The number of rotatable bonds is 9. The Kier molecular flexibility index (Phi) is 7.50. The van der Waals surface area contributed by atoms with Crippen molar-refractivity contribution in [2.24, 2.45) is 5.92 Å². The van der Waals surface area contributed by atoms with Crippen LogP contribution in [-0.2, 0) is 25.7 Å². The molecule has 0 saturated carbocycles. The van der Waals surface area contributed by atoms with Crippen molar-refractivity contribution in [2.75, 3.05) is 13.7 Å². The predicted molar refractivity (Wildman–Crippen MR) is 82.5 cm³/mol. The van der Waals surface area contributed by atoms with Gasteiger partial charge < -0.3 is 14.6 Å². The van der Waals surface area contributed by atoms with E-state index < -0.39 is 17.7 Å². The first-order valence-corrected chi connectivity index (χ1v) is 7.26. The lowest BCUT2D eigenvalue weighted by molar-refractivity contribution is -0.187. The number of hydrogen-bond acceptors (Lipinski definition) is 5. The monoisotopic (exact) mass is 325 g/mol. The van der Waals surface area contributed by atoms with Crippen molar-refractivity contribution in [3.8, 4) is 0 Å². The molecule has 1 aromatic rings. The first kappa shape index (κ1) is 18.9. The highest BCUT2D eigenvalue weighted by molar-refractivity contribution is 5.78. The van der Waals surface area contributed by atoms with E-state index in [1.807, 2.05) is 37.5 Å². The fourth-order valence-electron chi connectivity index (χ4n) is 2.11. The standard InChI is InChI=1S/C16H23NO6/c1-12(2)9-16(11-21-3,14(18)19)23-17-15(20)22-10-13-7-5-4-6-8-13/h4-8,12H,9-11H2,1-3H3,(H,17,20)(H,18,19)/t16-/m0/s1. The summed E-state index contributed by atoms with van der Waals surface area (Å²) in [5.41, 5.74) is 1.20. The molecule has 128 valence electrons. The fraction of sp³-hybridized carbons (Fsp3) is 0.500. The number of hydroxylamine groups is 1. The average Bonchev–Trinajstić information content (AvgIpc) is 2.51. The van der Waals surface area contributed by atoms with Crippen molar-refractivity contribution < 1.29 is 29.0 Å². The second-order valence-corrected chi connectivity index (χ2v) is 5.60. The summed E-state index contributed by atoms with van der Waals surface area (Å²) in [6.45, 7) is 3.57. The Morgan fingerprint density at radius 2 is 1.91 bits per heavy atom. The third-order valence-electron chi connectivity index (χ3n) is 3.05. The summed E-state index contributed by atoms with van der Waals surface area (Å²) >= 11 is 0. The number of aliphatic carboxylic acids is 1. The molecule has 1 aromatic carbocycles. The highest BCUT2D eigenvalue weighted by Gasteiger charge is 2.42. The molecule has 0 fully saturated rings. The maximum Gasteiger partial charge on any atom is 0.431 e. The molecular formula is C16H23NO6. The van der Waals surface area contributed by atoms with Crippen LogP contribution >= 0.6 is 0 Å². The quantitative estimate of drug-likeness (QED) is 0.677. The van der Waals surface area contributed by atoms with Crippen molar-refractivity contribution in [3.63, 3.8) is 0 Å². The Bertz CT molecular complexity index is 505. The minimum Gasteiger partial charge on any atom is -0.479 e. The lowest BCUT2D eigenvalue weighted by atomic mass is 9.93. The van der Waals surface area contributed by atoms with Crippen molar-refractivity contribution in [1.82, 2.24) is 5.48 Å². The molecule has 0 aromatic heterocycles. The van der Waals surface area contributed by atoms with E-state index in [1.165, 1.54) is 7.11 Å². The van der Waals surface area contributed by atoms with Crippen LogP contribution in [0.4, 0.5) is 4.79 Å². The van der Waals surface area contributed by atoms with Crippen LogP contribution in [0.15, 0.2) is 30.3 Å². The van der Waals surface area contributed by atoms with Crippen molar-refractivity contribution in [1.29, 1.82) is 0 Å². The summed E-state index contributed by atoms with van der Waals surface area (Å²) in [7, 11) is 1.37. The van der Waals surface area contributed by atoms with Crippen LogP contribution in [0.5, 0.6) is 0 Å². The van der Waals surface area contributed by atoms with Gasteiger partial charge in [0.1, 0.15) is 6.61 Å². The maximum absolute atomic E-state index is 11.7. The molecule has 0 aliphatic rings. The third kappa shape index (κ3) is 6.25. The number of amides is 1. The van der Waals surface area contributed by atoms with Gasteiger partial charge in [-0.15, -0.1) is 0 Å². The molecule has 0 saturated heterocycles. The lowest BCUT2D eigenvalue weighted by Crippen LogP contribution is -2.51. The molecule has 23 heavy (non-hydrogen) atoms. The number of carbonyl (C=O) groups is 2. The van der Waals surface area contributed by atoms with Crippen molar-refractivity contribution in [3.05, 3.63) is 35.9 Å². The lowest BCUT2D eigenvalue weighted by Gasteiger charge is -2.29. The molecular weight excluding hydrogens is 302 g/mol. The van der Waals surface area contributed by atoms with E-state index in [-0.39, 0.29) is 25.6 Å². The molecule has 0 radical (unpaired) electrons. The molecule has 1 atom stereocenters. The van der Waals surface area contributed by atoms with Crippen LogP contribution < -0.4 is 5.48 Å². The molecule has 1 rings (SSSR count).